The number of esters is 1. The maximum atomic E-state index is 11.1. The van der Waals surface area contributed by atoms with Gasteiger partial charge in [0, 0.05) is 26.2 Å². The van der Waals surface area contributed by atoms with Gasteiger partial charge in [-0.2, -0.15) is 0 Å². The summed E-state index contributed by atoms with van der Waals surface area (Å²) in [6, 6.07) is 0.492. The van der Waals surface area contributed by atoms with Crippen molar-refractivity contribution in [1.82, 2.24) is 4.90 Å². The molecule has 0 heterocycles. The van der Waals surface area contributed by atoms with Crippen LogP contribution in [0.15, 0.2) is 0 Å². The van der Waals surface area contributed by atoms with Crippen LogP contribution in [0.25, 0.3) is 0 Å². The average Bonchev–Trinajstić information content (AvgIpc) is 2.37. The lowest BCUT2D eigenvalue weighted by Gasteiger charge is -2.27. The summed E-state index contributed by atoms with van der Waals surface area (Å²) in [5, 5.41) is 0. The fraction of sp³-hybridized carbons (Fsp3) is 0.923. The molecular weight excluding hydrogens is 234 g/mol. The van der Waals surface area contributed by atoms with Crippen molar-refractivity contribution in [3.05, 3.63) is 0 Å². The van der Waals surface area contributed by atoms with Crippen molar-refractivity contribution < 1.29 is 19.0 Å². The molecule has 0 amide bonds. The molecule has 108 valence electrons. The largest absolute Gasteiger partial charge is 0.464 e. The number of carbonyl (C=O) groups is 1. The maximum Gasteiger partial charge on any atom is 0.332 e. The summed E-state index contributed by atoms with van der Waals surface area (Å²) in [7, 11) is 1.70. The van der Waals surface area contributed by atoms with Crippen LogP contribution >= 0.6 is 0 Å². The normalized spacial score (nSPS) is 12.7. The van der Waals surface area contributed by atoms with E-state index in [4.69, 9.17) is 14.2 Å². The number of carbonyl (C=O) groups excluding carboxylic acids is 1. The molecule has 0 aromatic heterocycles. The molecule has 1 atom stereocenters. The van der Waals surface area contributed by atoms with Crippen LogP contribution in [0.2, 0.25) is 0 Å². The van der Waals surface area contributed by atoms with Crippen LogP contribution < -0.4 is 0 Å². The number of ether oxygens (including phenoxy) is 3. The number of hydrogen-bond donors (Lipinski definition) is 0. The first-order chi connectivity index (χ1) is 8.65. The Balaban J connectivity index is 3.78. The van der Waals surface area contributed by atoms with Gasteiger partial charge in [-0.15, -0.1) is 0 Å². The molecule has 0 spiro atoms. The van der Waals surface area contributed by atoms with Gasteiger partial charge in [0.15, 0.2) is 0 Å². The minimum absolute atomic E-state index is 0.0342. The van der Waals surface area contributed by atoms with E-state index in [0.717, 1.165) is 19.5 Å². The van der Waals surface area contributed by atoms with Gasteiger partial charge in [0.2, 0.25) is 0 Å². The first kappa shape index (κ1) is 17.4. The highest BCUT2D eigenvalue weighted by atomic mass is 16.6. The minimum Gasteiger partial charge on any atom is -0.464 e. The molecule has 0 radical (unpaired) electrons. The predicted octanol–water partition coefficient (Wildman–Crippen LogP) is 1.31. The number of rotatable bonds is 11. The first-order valence-electron chi connectivity index (χ1n) is 6.62. The molecular formula is C13H27NO4. The molecule has 18 heavy (non-hydrogen) atoms. The molecule has 0 aliphatic carbocycles. The van der Waals surface area contributed by atoms with Crippen LogP contribution in [0.5, 0.6) is 0 Å². The second kappa shape index (κ2) is 11.4. The molecule has 0 saturated carbocycles. The van der Waals surface area contributed by atoms with E-state index in [2.05, 4.69) is 18.7 Å². The molecule has 0 aliphatic rings. The lowest BCUT2D eigenvalue weighted by Crippen LogP contribution is -2.38. The van der Waals surface area contributed by atoms with Crippen molar-refractivity contribution >= 4 is 5.97 Å². The van der Waals surface area contributed by atoms with Crippen molar-refractivity contribution in [2.24, 2.45) is 0 Å². The zero-order valence-corrected chi connectivity index (χ0v) is 12.1. The standard InChI is InChI=1S/C13H27NO4/c1-5-12(3)14(7-9-16-4)8-10-17-11-13(15)18-6-2/h12H,5-11H2,1-4H3. The lowest BCUT2D eigenvalue weighted by atomic mass is 10.2. The average molecular weight is 261 g/mol. The summed E-state index contributed by atoms with van der Waals surface area (Å²) in [6.45, 7) is 9.49. The van der Waals surface area contributed by atoms with E-state index in [-0.39, 0.29) is 12.6 Å². The third-order valence-corrected chi connectivity index (χ3v) is 2.84. The van der Waals surface area contributed by atoms with Gasteiger partial charge in [-0.05, 0) is 20.3 Å². The second-order valence-electron chi connectivity index (χ2n) is 4.14. The fourth-order valence-electron chi connectivity index (χ4n) is 1.56. The van der Waals surface area contributed by atoms with Crippen LogP contribution in [0.1, 0.15) is 27.2 Å². The Kier molecular flexibility index (Phi) is 11.0. The highest BCUT2D eigenvalue weighted by Crippen LogP contribution is 2.02. The minimum atomic E-state index is -0.301. The van der Waals surface area contributed by atoms with E-state index < -0.39 is 0 Å². The van der Waals surface area contributed by atoms with Gasteiger partial charge in [-0.25, -0.2) is 4.79 Å². The third kappa shape index (κ3) is 8.44. The summed E-state index contributed by atoms with van der Waals surface area (Å²) in [5.74, 6) is -0.301. The Morgan fingerprint density at radius 3 is 2.44 bits per heavy atom. The molecule has 0 N–H and O–H groups in total. The van der Waals surface area contributed by atoms with E-state index in [1.807, 2.05) is 0 Å². The quantitative estimate of drug-likeness (QED) is 0.414. The molecule has 0 rings (SSSR count). The van der Waals surface area contributed by atoms with Crippen molar-refractivity contribution in [2.45, 2.75) is 33.2 Å². The van der Waals surface area contributed by atoms with E-state index in [1.54, 1.807) is 14.0 Å². The monoisotopic (exact) mass is 261 g/mol. The van der Waals surface area contributed by atoms with Crippen molar-refractivity contribution in [3.63, 3.8) is 0 Å². The van der Waals surface area contributed by atoms with Gasteiger partial charge in [0.05, 0.1) is 19.8 Å². The van der Waals surface area contributed by atoms with Crippen molar-refractivity contribution in [1.29, 1.82) is 0 Å². The molecule has 1 unspecified atom stereocenters. The Morgan fingerprint density at radius 2 is 1.89 bits per heavy atom. The van der Waals surface area contributed by atoms with Gasteiger partial charge in [0.25, 0.3) is 0 Å². The van der Waals surface area contributed by atoms with E-state index in [0.29, 0.717) is 25.9 Å². The molecule has 5 heteroatoms. The van der Waals surface area contributed by atoms with E-state index >= 15 is 0 Å². The van der Waals surface area contributed by atoms with Gasteiger partial charge in [0.1, 0.15) is 6.61 Å². The molecule has 0 aromatic carbocycles. The van der Waals surface area contributed by atoms with Gasteiger partial charge in [-0.1, -0.05) is 6.92 Å². The fourth-order valence-corrected chi connectivity index (χ4v) is 1.56. The maximum absolute atomic E-state index is 11.1. The first-order valence-corrected chi connectivity index (χ1v) is 6.62. The molecule has 5 nitrogen and oxygen atoms in total. The second-order valence-corrected chi connectivity index (χ2v) is 4.14. The predicted molar refractivity (Wildman–Crippen MR) is 70.7 cm³/mol. The Labute approximate surface area is 110 Å². The number of nitrogens with zero attached hydrogens (tertiary/aromatic N) is 1. The molecule has 0 saturated heterocycles. The number of methoxy groups -OCH3 is 1. The van der Waals surface area contributed by atoms with Crippen LogP contribution in [-0.2, 0) is 19.0 Å². The van der Waals surface area contributed by atoms with Crippen LogP contribution in [0.4, 0.5) is 0 Å². The summed E-state index contributed by atoms with van der Waals surface area (Å²) in [6.07, 6.45) is 1.08. The third-order valence-electron chi connectivity index (χ3n) is 2.84. The van der Waals surface area contributed by atoms with Crippen molar-refractivity contribution in [3.8, 4) is 0 Å². The van der Waals surface area contributed by atoms with E-state index in [9.17, 15) is 4.79 Å². The highest BCUT2D eigenvalue weighted by Gasteiger charge is 2.11. The van der Waals surface area contributed by atoms with Crippen molar-refractivity contribution in [2.75, 3.05) is 46.6 Å². The lowest BCUT2D eigenvalue weighted by molar-refractivity contribution is -0.148. The van der Waals surface area contributed by atoms with Gasteiger partial charge in [-0.3, -0.25) is 4.90 Å². The molecule has 0 aromatic rings. The molecule has 0 aliphatic heterocycles. The Hall–Kier alpha value is -0.650. The number of hydrogen-bond acceptors (Lipinski definition) is 5. The Bertz CT molecular complexity index is 211. The van der Waals surface area contributed by atoms with Crippen LogP contribution in [0, 0.1) is 0 Å². The zero-order valence-electron chi connectivity index (χ0n) is 12.1. The van der Waals surface area contributed by atoms with Gasteiger partial charge < -0.3 is 14.2 Å². The smallest absolute Gasteiger partial charge is 0.332 e. The molecule has 0 bridgehead atoms. The van der Waals surface area contributed by atoms with Crippen LogP contribution in [0.3, 0.4) is 0 Å². The highest BCUT2D eigenvalue weighted by molar-refractivity contribution is 5.70. The van der Waals surface area contributed by atoms with E-state index in [1.165, 1.54) is 0 Å². The van der Waals surface area contributed by atoms with Crippen LogP contribution in [-0.4, -0.2) is 63.5 Å². The summed E-state index contributed by atoms with van der Waals surface area (Å²) >= 11 is 0. The Morgan fingerprint density at radius 1 is 1.22 bits per heavy atom. The molecule has 0 fully saturated rings. The topological polar surface area (TPSA) is 48.0 Å². The SMILES string of the molecule is CCOC(=O)COCCN(CCOC)C(C)CC. The summed E-state index contributed by atoms with van der Waals surface area (Å²) in [4.78, 5) is 13.4. The summed E-state index contributed by atoms with van der Waals surface area (Å²) in [5.41, 5.74) is 0. The zero-order chi connectivity index (χ0) is 13.8. The summed E-state index contributed by atoms with van der Waals surface area (Å²) < 4.78 is 15.2. The van der Waals surface area contributed by atoms with Gasteiger partial charge >= 0.3 is 5.97 Å².